The Morgan fingerprint density at radius 3 is 2.65 bits per heavy atom. The molecule has 0 saturated carbocycles. The fourth-order valence-corrected chi connectivity index (χ4v) is 2.85. The molecule has 31 heavy (non-hydrogen) atoms. The number of nitrogens with one attached hydrogen (secondary N) is 1. The first kappa shape index (κ1) is 21.4. The molecule has 2 aromatic carbocycles. The summed E-state index contributed by atoms with van der Waals surface area (Å²) in [5, 5.41) is 28.2. The maximum atomic E-state index is 12.4. The largest absolute Gasteiger partial charge is 0.489 e. The molecule has 0 fully saturated rings. The van der Waals surface area contributed by atoms with Gasteiger partial charge in [-0.2, -0.15) is 5.10 Å². The van der Waals surface area contributed by atoms with E-state index in [-0.39, 0.29) is 30.4 Å². The van der Waals surface area contributed by atoms with E-state index in [1.807, 2.05) is 0 Å². The Morgan fingerprint density at radius 1 is 1.16 bits per heavy atom. The highest BCUT2D eigenvalue weighted by Gasteiger charge is 2.12. The van der Waals surface area contributed by atoms with Crippen LogP contribution in [0, 0.1) is 27.2 Å². The number of benzene rings is 2. The lowest BCUT2D eigenvalue weighted by Gasteiger charge is -2.09. The van der Waals surface area contributed by atoms with Crippen molar-refractivity contribution in [1.29, 1.82) is 0 Å². The van der Waals surface area contributed by atoms with E-state index in [0.717, 1.165) is 11.8 Å². The summed E-state index contributed by atoms with van der Waals surface area (Å²) in [5.41, 5.74) is 1.61. The monoisotopic (exact) mass is 425 g/mol. The van der Waals surface area contributed by atoms with Crippen LogP contribution in [0.1, 0.15) is 21.5 Å². The minimum atomic E-state index is -0.534. The van der Waals surface area contributed by atoms with E-state index in [0.29, 0.717) is 23.4 Å². The summed E-state index contributed by atoms with van der Waals surface area (Å²) >= 11 is 0. The quantitative estimate of drug-likeness (QED) is 0.410. The highest BCUT2D eigenvalue weighted by molar-refractivity contribution is 5.94. The maximum Gasteiger partial charge on any atom is 0.306 e. The average Bonchev–Trinajstić information content (AvgIpc) is 3.21. The van der Waals surface area contributed by atoms with Gasteiger partial charge in [-0.05, 0) is 36.8 Å². The van der Waals surface area contributed by atoms with Crippen molar-refractivity contribution in [3.63, 3.8) is 0 Å². The highest BCUT2D eigenvalue weighted by atomic mass is 16.6. The predicted molar refractivity (Wildman–Crippen MR) is 110 cm³/mol. The first-order valence-electron chi connectivity index (χ1n) is 9.25. The van der Waals surface area contributed by atoms with E-state index < -0.39 is 9.85 Å². The van der Waals surface area contributed by atoms with Gasteiger partial charge < -0.3 is 10.1 Å². The van der Waals surface area contributed by atoms with Crippen LogP contribution in [0.2, 0.25) is 0 Å². The minimum absolute atomic E-state index is 0.0238. The van der Waals surface area contributed by atoms with Gasteiger partial charge >= 0.3 is 5.69 Å². The van der Waals surface area contributed by atoms with Crippen molar-refractivity contribution >= 4 is 17.3 Å². The van der Waals surface area contributed by atoms with Gasteiger partial charge in [0.25, 0.3) is 11.6 Å². The zero-order chi connectivity index (χ0) is 22.4. The second kappa shape index (κ2) is 9.48. The van der Waals surface area contributed by atoms with Crippen LogP contribution in [-0.4, -0.2) is 32.1 Å². The van der Waals surface area contributed by atoms with Gasteiger partial charge in [0, 0.05) is 23.7 Å². The van der Waals surface area contributed by atoms with Crippen molar-refractivity contribution in [2.45, 2.75) is 20.1 Å². The molecule has 0 aliphatic carbocycles. The van der Waals surface area contributed by atoms with Gasteiger partial charge in [-0.1, -0.05) is 12.1 Å². The Labute approximate surface area is 176 Å². The Hall–Kier alpha value is -4.28. The molecule has 11 heteroatoms. The molecule has 3 rings (SSSR count). The normalized spacial score (nSPS) is 10.5. The molecular formula is C20H19N5O6. The third-order valence-electron chi connectivity index (χ3n) is 4.42. The number of nitro groups is 2. The van der Waals surface area contributed by atoms with E-state index in [2.05, 4.69) is 10.4 Å². The van der Waals surface area contributed by atoms with Gasteiger partial charge in [-0.15, -0.1) is 0 Å². The molecule has 0 atom stereocenters. The number of rotatable bonds is 9. The first-order chi connectivity index (χ1) is 14.8. The molecule has 0 saturated heterocycles. The van der Waals surface area contributed by atoms with Crippen LogP contribution in [0.3, 0.4) is 0 Å². The topological polar surface area (TPSA) is 142 Å². The lowest BCUT2D eigenvalue weighted by Crippen LogP contribution is -2.27. The molecular weight excluding hydrogens is 406 g/mol. The Kier molecular flexibility index (Phi) is 6.55. The number of nitrogens with zero attached hydrogens (tertiary/aromatic N) is 4. The number of nitro benzene ring substituents is 1. The van der Waals surface area contributed by atoms with Gasteiger partial charge in [0.1, 0.15) is 24.8 Å². The van der Waals surface area contributed by atoms with Crippen molar-refractivity contribution in [1.82, 2.24) is 15.1 Å². The molecule has 1 N–H and O–H groups in total. The number of hydrogen-bond acceptors (Lipinski definition) is 7. The number of hydrogen-bond donors (Lipinski definition) is 1. The van der Waals surface area contributed by atoms with Gasteiger partial charge in [0.15, 0.2) is 0 Å². The molecule has 11 nitrogen and oxygen atoms in total. The van der Waals surface area contributed by atoms with Gasteiger partial charge in [0.2, 0.25) is 0 Å². The number of aromatic nitrogens is 2. The molecule has 160 valence electrons. The maximum absolute atomic E-state index is 12.4. The number of amides is 1. The van der Waals surface area contributed by atoms with Crippen LogP contribution in [0.15, 0.2) is 54.9 Å². The van der Waals surface area contributed by atoms with E-state index in [1.54, 1.807) is 37.3 Å². The smallest absolute Gasteiger partial charge is 0.306 e. The lowest BCUT2D eigenvalue weighted by atomic mass is 10.1. The average molecular weight is 425 g/mol. The van der Waals surface area contributed by atoms with Crippen molar-refractivity contribution in [2.75, 3.05) is 6.54 Å². The van der Waals surface area contributed by atoms with E-state index in [9.17, 15) is 25.0 Å². The third kappa shape index (κ3) is 5.63. The van der Waals surface area contributed by atoms with Crippen LogP contribution >= 0.6 is 0 Å². The van der Waals surface area contributed by atoms with E-state index in [4.69, 9.17) is 4.74 Å². The minimum Gasteiger partial charge on any atom is -0.489 e. The van der Waals surface area contributed by atoms with Crippen LogP contribution in [0.4, 0.5) is 11.4 Å². The predicted octanol–water partition coefficient (Wildman–Crippen LogP) is 3.02. The Bertz CT molecular complexity index is 1130. The zero-order valence-electron chi connectivity index (χ0n) is 16.6. The number of carbonyl (C=O) groups excluding carboxylic acids is 1. The Morgan fingerprint density at radius 2 is 1.97 bits per heavy atom. The Balaban J connectivity index is 1.54. The fourth-order valence-electron chi connectivity index (χ4n) is 2.85. The SMILES string of the molecule is Cc1cc(OCc2cccc(C(=O)NCCn3cc([N+](=O)[O-])cn3)c2)ccc1[N+](=O)[O-]. The molecule has 3 aromatic rings. The first-order valence-corrected chi connectivity index (χ1v) is 9.25. The summed E-state index contributed by atoms with van der Waals surface area (Å²) in [5.74, 6) is 0.195. The molecule has 1 heterocycles. The number of aryl methyl sites for hydroxylation is 1. The summed E-state index contributed by atoms with van der Waals surface area (Å²) in [6, 6.07) is 11.4. The third-order valence-corrected chi connectivity index (χ3v) is 4.42. The van der Waals surface area contributed by atoms with Crippen LogP contribution in [0.5, 0.6) is 5.75 Å². The second-order valence-corrected chi connectivity index (χ2v) is 6.67. The van der Waals surface area contributed by atoms with E-state index in [1.165, 1.54) is 23.0 Å². The number of ether oxygens (including phenoxy) is 1. The molecule has 0 radical (unpaired) electrons. The molecule has 0 aliphatic rings. The standard InChI is InChI=1S/C20H19N5O6/c1-14-9-18(5-6-19(14)25(29)30)31-13-15-3-2-4-16(10-15)20(26)21-7-8-23-12-17(11-22-23)24(27)28/h2-6,9-12H,7-8,13H2,1H3,(H,21,26). The molecule has 0 spiro atoms. The van der Waals surface area contributed by atoms with Crippen LogP contribution in [-0.2, 0) is 13.2 Å². The molecule has 0 unspecified atom stereocenters. The summed E-state index contributed by atoms with van der Waals surface area (Å²) < 4.78 is 7.07. The molecule has 1 amide bonds. The van der Waals surface area contributed by atoms with Crippen LogP contribution < -0.4 is 10.1 Å². The van der Waals surface area contributed by atoms with E-state index >= 15 is 0 Å². The molecule has 1 aromatic heterocycles. The lowest BCUT2D eigenvalue weighted by molar-refractivity contribution is -0.385. The zero-order valence-corrected chi connectivity index (χ0v) is 16.6. The van der Waals surface area contributed by atoms with Crippen molar-refractivity contribution < 1.29 is 19.4 Å². The molecule has 0 aliphatic heterocycles. The fraction of sp³-hybridized carbons (Fsp3) is 0.200. The highest BCUT2D eigenvalue weighted by Crippen LogP contribution is 2.23. The van der Waals surface area contributed by atoms with Gasteiger partial charge in [-0.25, -0.2) is 0 Å². The summed E-state index contributed by atoms with van der Waals surface area (Å²) in [6.07, 6.45) is 2.45. The second-order valence-electron chi connectivity index (χ2n) is 6.67. The van der Waals surface area contributed by atoms with Crippen molar-refractivity contribution in [2.24, 2.45) is 0 Å². The summed E-state index contributed by atoms with van der Waals surface area (Å²) in [7, 11) is 0. The van der Waals surface area contributed by atoms with Crippen molar-refractivity contribution in [3.8, 4) is 5.75 Å². The van der Waals surface area contributed by atoms with Gasteiger partial charge in [-0.3, -0.25) is 29.7 Å². The van der Waals surface area contributed by atoms with Crippen molar-refractivity contribution in [3.05, 3.63) is 91.8 Å². The molecule has 0 bridgehead atoms. The summed E-state index contributed by atoms with van der Waals surface area (Å²) in [6.45, 7) is 2.37. The van der Waals surface area contributed by atoms with Crippen LogP contribution in [0.25, 0.3) is 0 Å². The van der Waals surface area contributed by atoms with Gasteiger partial charge in [0.05, 0.1) is 16.4 Å². The summed E-state index contributed by atoms with van der Waals surface area (Å²) in [4.78, 5) is 32.9. The number of carbonyl (C=O) groups is 1.